The molecule has 0 aliphatic heterocycles. The molecule has 0 amide bonds. The van der Waals surface area contributed by atoms with Crippen LogP contribution in [0.3, 0.4) is 0 Å². The number of esters is 1. The Morgan fingerprint density at radius 3 is 2.33 bits per heavy atom. The predicted molar refractivity (Wildman–Crippen MR) is 91.3 cm³/mol. The van der Waals surface area contributed by atoms with Crippen LogP contribution in [0.2, 0.25) is 0 Å². The topological polar surface area (TPSA) is 104 Å². The van der Waals surface area contributed by atoms with E-state index in [9.17, 15) is 22.8 Å². The maximum absolute atomic E-state index is 13.1. The summed E-state index contributed by atoms with van der Waals surface area (Å²) in [5, 5.41) is 2.54. The van der Waals surface area contributed by atoms with Gasteiger partial charge in [0, 0.05) is 11.3 Å². The van der Waals surface area contributed by atoms with E-state index >= 15 is 0 Å². The normalized spacial score (nSPS) is 11.8. The smallest absolute Gasteiger partial charge is 0.434 e. The molecule has 0 unspecified atom stereocenters. The first-order valence-electron chi connectivity index (χ1n) is 6.92. The van der Waals surface area contributed by atoms with E-state index in [1.807, 2.05) is 0 Å². The summed E-state index contributed by atoms with van der Waals surface area (Å²) in [6.07, 6.45) is -4.92. The Labute approximate surface area is 165 Å². The molecule has 0 aliphatic carbocycles. The molecule has 1 aromatic rings. The molecule has 0 saturated heterocycles. The molecule has 0 bridgehead atoms. The van der Waals surface area contributed by atoms with Crippen LogP contribution >= 0.6 is 34.8 Å². The number of amidine groups is 1. The summed E-state index contributed by atoms with van der Waals surface area (Å²) in [6, 6.07) is 0.780. The molecule has 0 aliphatic rings. The molecule has 27 heavy (non-hydrogen) atoms. The third kappa shape index (κ3) is 5.98. The van der Waals surface area contributed by atoms with Crippen LogP contribution in [0, 0.1) is 6.92 Å². The first-order valence-corrected chi connectivity index (χ1v) is 8.05. The maximum Gasteiger partial charge on any atom is 0.434 e. The van der Waals surface area contributed by atoms with Gasteiger partial charge in [0.15, 0.2) is 16.6 Å². The van der Waals surface area contributed by atoms with Crippen molar-refractivity contribution in [3.05, 3.63) is 38.1 Å². The van der Waals surface area contributed by atoms with E-state index in [0.29, 0.717) is 0 Å². The number of hydrogen-bond donors (Lipinski definition) is 1. The third-order valence-corrected chi connectivity index (χ3v) is 3.74. The van der Waals surface area contributed by atoms with Gasteiger partial charge >= 0.3 is 18.1 Å². The van der Waals surface area contributed by atoms with E-state index in [1.54, 1.807) is 0 Å². The quantitative estimate of drug-likeness (QED) is 0.184. The van der Waals surface area contributed by atoms with Gasteiger partial charge in [0.25, 0.3) is 0 Å². The number of pyridine rings is 1. The summed E-state index contributed by atoms with van der Waals surface area (Å²) < 4.78 is 43.4. The van der Waals surface area contributed by atoms with Gasteiger partial charge in [0.05, 0.1) is 12.2 Å². The number of alkyl halides is 3. The molecule has 1 heterocycles. The van der Waals surface area contributed by atoms with Crippen LogP contribution in [0.4, 0.5) is 13.2 Å². The SMILES string of the molecule is CCOC(=O)c1cc(/C(N)=N\OC(=O)C(Cl)=C(Cl)Cl)c(C)nc1C(F)(F)F. The van der Waals surface area contributed by atoms with Crippen molar-refractivity contribution in [2.45, 2.75) is 20.0 Å². The maximum atomic E-state index is 13.1. The average molecular weight is 449 g/mol. The molecule has 0 aromatic carbocycles. The molecule has 0 saturated carbocycles. The Bertz CT molecular complexity index is 822. The standard InChI is InChI=1S/C14H11Cl3F3N3O4/c1-3-26-12(24)7-4-6(5(2)22-9(7)14(18,19)20)11(21)23-27-13(25)8(15)10(16)17/h4H,3H2,1-2H3,(H2,21,23). The first kappa shape index (κ1) is 23.0. The second-order valence-corrected chi connectivity index (χ2v) is 5.99. The van der Waals surface area contributed by atoms with Crippen LogP contribution in [0.5, 0.6) is 0 Å². The fourth-order valence-corrected chi connectivity index (χ4v) is 1.89. The number of carbonyl (C=O) groups is 2. The van der Waals surface area contributed by atoms with Crippen LogP contribution < -0.4 is 5.73 Å². The lowest BCUT2D eigenvalue weighted by Crippen LogP contribution is -2.23. The first-order chi connectivity index (χ1) is 12.4. The summed E-state index contributed by atoms with van der Waals surface area (Å²) in [5.41, 5.74) is 2.84. The fourth-order valence-electron chi connectivity index (χ4n) is 1.70. The van der Waals surface area contributed by atoms with Crippen LogP contribution in [0.15, 0.2) is 20.7 Å². The van der Waals surface area contributed by atoms with Gasteiger partial charge in [0.2, 0.25) is 0 Å². The van der Waals surface area contributed by atoms with E-state index < -0.39 is 44.7 Å². The highest BCUT2D eigenvalue weighted by Crippen LogP contribution is 2.32. The minimum atomic E-state index is -4.92. The number of ether oxygens (including phenoxy) is 1. The molecule has 148 valence electrons. The average Bonchev–Trinajstić information content (AvgIpc) is 2.57. The molecular formula is C14H11Cl3F3N3O4. The monoisotopic (exact) mass is 447 g/mol. The minimum Gasteiger partial charge on any atom is -0.462 e. The summed E-state index contributed by atoms with van der Waals surface area (Å²) in [5.74, 6) is -3.08. The van der Waals surface area contributed by atoms with Gasteiger partial charge in [-0.2, -0.15) is 13.2 Å². The van der Waals surface area contributed by atoms with Crippen molar-refractivity contribution in [1.29, 1.82) is 0 Å². The zero-order valence-electron chi connectivity index (χ0n) is 13.7. The molecular weight excluding hydrogens is 438 g/mol. The number of halogens is 6. The van der Waals surface area contributed by atoms with Gasteiger partial charge in [-0.3, -0.25) is 0 Å². The summed E-state index contributed by atoms with van der Waals surface area (Å²) in [6.45, 7) is 2.44. The molecule has 0 atom stereocenters. The van der Waals surface area contributed by atoms with Crippen LogP contribution in [-0.2, 0) is 20.5 Å². The second-order valence-electron chi connectivity index (χ2n) is 4.67. The molecule has 7 nitrogen and oxygen atoms in total. The molecule has 0 spiro atoms. The van der Waals surface area contributed by atoms with Crippen LogP contribution in [0.1, 0.15) is 34.2 Å². The van der Waals surface area contributed by atoms with Crippen LogP contribution in [0.25, 0.3) is 0 Å². The van der Waals surface area contributed by atoms with E-state index in [-0.39, 0.29) is 17.9 Å². The minimum absolute atomic E-state index is 0.162. The highest BCUT2D eigenvalue weighted by molar-refractivity contribution is 6.62. The second kappa shape index (κ2) is 9.25. The highest BCUT2D eigenvalue weighted by Gasteiger charge is 2.38. The highest BCUT2D eigenvalue weighted by atomic mass is 35.5. The summed E-state index contributed by atoms with van der Waals surface area (Å²) in [7, 11) is 0. The van der Waals surface area contributed by atoms with Crippen molar-refractivity contribution in [2.24, 2.45) is 10.9 Å². The zero-order valence-corrected chi connectivity index (χ0v) is 15.9. The number of aryl methyl sites for hydroxylation is 1. The number of nitrogens with two attached hydrogens (primary N) is 1. The number of oxime groups is 1. The number of rotatable bonds is 5. The summed E-state index contributed by atoms with van der Waals surface area (Å²) in [4.78, 5) is 31.1. The Kier molecular flexibility index (Phi) is 7.88. The van der Waals surface area contributed by atoms with Crippen molar-refractivity contribution >= 4 is 52.6 Å². The van der Waals surface area contributed by atoms with Gasteiger partial charge in [-0.05, 0) is 19.9 Å². The molecule has 0 radical (unpaired) electrons. The van der Waals surface area contributed by atoms with E-state index in [2.05, 4.69) is 19.7 Å². The van der Waals surface area contributed by atoms with Gasteiger partial charge in [-0.15, -0.1) is 0 Å². The lowest BCUT2D eigenvalue weighted by atomic mass is 10.1. The zero-order chi connectivity index (χ0) is 20.9. The van der Waals surface area contributed by atoms with Crippen molar-refractivity contribution in [1.82, 2.24) is 4.98 Å². The number of nitrogens with zero attached hydrogens (tertiary/aromatic N) is 2. The Morgan fingerprint density at radius 1 is 1.26 bits per heavy atom. The van der Waals surface area contributed by atoms with Crippen molar-refractivity contribution in [2.75, 3.05) is 6.61 Å². The predicted octanol–water partition coefficient (Wildman–Crippen LogP) is 3.63. The van der Waals surface area contributed by atoms with Crippen molar-refractivity contribution in [3.8, 4) is 0 Å². The van der Waals surface area contributed by atoms with Gasteiger partial charge in [0.1, 0.15) is 4.49 Å². The third-order valence-electron chi connectivity index (χ3n) is 2.82. The van der Waals surface area contributed by atoms with E-state index in [1.165, 1.54) is 13.8 Å². The number of carbonyl (C=O) groups excluding carboxylic acids is 2. The Hall–Kier alpha value is -2.04. The molecule has 1 aromatic heterocycles. The van der Waals surface area contributed by atoms with Crippen molar-refractivity contribution < 1.29 is 32.3 Å². The lowest BCUT2D eigenvalue weighted by Gasteiger charge is -2.14. The van der Waals surface area contributed by atoms with E-state index in [0.717, 1.165) is 6.07 Å². The van der Waals surface area contributed by atoms with Crippen molar-refractivity contribution in [3.63, 3.8) is 0 Å². The van der Waals surface area contributed by atoms with Gasteiger partial charge in [-0.25, -0.2) is 14.6 Å². The summed E-state index contributed by atoms with van der Waals surface area (Å²) >= 11 is 16.0. The molecule has 0 fully saturated rings. The Morgan fingerprint density at radius 2 is 1.85 bits per heavy atom. The lowest BCUT2D eigenvalue weighted by molar-refractivity contribution is -0.142. The number of aromatic nitrogens is 1. The number of hydrogen-bond acceptors (Lipinski definition) is 6. The molecule has 1 rings (SSSR count). The van der Waals surface area contributed by atoms with E-state index in [4.69, 9.17) is 40.5 Å². The molecule has 13 heteroatoms. The largest absolute Gasteiger partial charge is 0.462 e. The van der Waals surface area contributed by atoms with Gasteiger partial charge in [-0.1, -0.05) is 40.0 Å². The fraction of sp³-hybridized carbons (Fsp3) is 0.286. The van der Waals surface area contributed by atoms with Gasteiger partial charge < -0.3 is 15.3 Å². The molecule has 2 N–H and O–H groups in total. The Balaban J connectivity index is 3.38. The van der Waals surface area contributed by atoms with Crippen LogP contribution in [-0.4, -0.2) is 29.4 Å².